The van der Waals surface area contributed by atoms with Crippen molar-refractivity contribution in [2.75, 3.05) is 7.05 Å². The maximum atomic E-state index is 9.67. The lowest BCUT2D eigenvalue weighted by Gasteiger charge is -2.15. The molecule has 0 radical (unpaired) electrons. The summed E-state index contributed by atoms with van der Waals surface area (Å²) in [6.45, 7) is 0. The normalized spacial score (nSPS) is 31.8. The van der Waals surface area contributed by atoms with E-state index in [-0.39, 0.29) is 6.04 Å². The van der Waals surface area contributed by atoms with Gasteiger partial charge in [0.1, 0.15) is 12.2 Å². The molecule has 0 saturated carbocycles. The minimum atomic E-state index is -0.756. The summed E-state index contributed by atoms with van der Waals surface area (Å²) in [4.78, 5) is 0. The zero-order chi connectivity index (χ0) is 9.42. The van der Waals surface area contributed by atoms with Crippen molar-refractivity contribution in [2.24, 2.45) is 0 Å². The SMILES string of the molecule is CNC1c2ccccc2[C@H](O)[C@H]1O. The first-order chi connectivity index (χ1) is 6.25. The predicted octanol–water partition coefficient (Wildman–Crippen LogP) is 0.355. The van der Waals surface area contributed by atoms with Crippen LogP contribution in [0.1, 0.15) is 23.3 Å². The fourth-order valence-corrected chi connectivity index (χ4v) is 1.94. The summed E-state index contributed by atoms with van der Waals surface area (Å²) in [6.07, 6.45) is -1.49. The molecular formula is C10H13NO2. The van der Waals surface area contributed by atoms with Crippen LogP contribution >= 0.6 is 0 Å². The molecule has 3 heteroatoms. The maximum absolute atomic E-state index is 9.67. The number of hydrogen-bond donors (Lipinski definition) is 3. The van der Waals surface area contributed by atoms with E-state index >= 15 is 0 Å². The standard InChI is InChI=1S/C10H13NO2/c1-11-8-6-4-2-3-5-7(6)9(12)10(8)13/h2-5,8-13H,1H3/t8?,9-,10-/m0/s1. The van der Waals surface area contributed by atoms with Crippen LogP contribution in [0.4, 0.5) is 0 Å². The monoisotopic (exact) mass is 179 g/mol. The second-order valence-electron chi connectivity index (χ2n) is 3.33. The Kier molecular flexibility index (Phi) is 2.07. The number of hydrogen-bond acceptors (Lipinski definition) is 3. The number of aliphatic hydroxyl groups is 2. The Balaban J connectivity index is 2.47. The Morgan fingerprint density at radius 2 is 1.77 bits per heavy atom. The zero-order valence-electron chi connectivity index (χ0n) is 7.44. The van der Waals surface area contributed by atoms with Crippen LogP contribution in [0.5, 0.6) is 0 Å². The molecule has 0 bridgehead atoms. The largest absolute Gasteiger partial charge is 0.388 e. The molecule has 1 aromatic rings. The lowest BCUT2D eigenvalue weighted by Crippen LogP contribution is -2.27. The van der Waals surface area contributed by atoms with Crippen LogP contribution < -0.4 is 5.32 Å². The maximum Gasteiger partial charge on any atom is 0.107 e. The van der Waals surface area contributed by atoms with Gasteiger partial charge in [-0.25, -0.2) is 0 Å². The van der Waals surface area contributed by atoms with Gasteiger partial charge < -0.3 is 15.5 Å². The first kappa shape index (κ1) is 8.69. The minimum absolute atomic E-state index is 0.147. The second-order valence-corrected chi connectivity index (χ2v) is 3.33. The molecule has 0 aromatic heterocycles. The summed E-state index contributed by atoms with van der Waals surface area (Å²) >= 11 is 0. The summed E-state index contributed by atoms with van der Waals surface area (Å²) in [5.74, 6) is 0. The van der Waals surface area contributed by atoms with E-state index in [0.717, 1.165) is 11.1 Å². The highest BCUT2D eigenvalue weighted by molar-refractivity contribution is 5.38. The van der Waals surface area contributed by atoms with E-state index < -0.39 is 12.2 Å². The van der Waals surface area contributed by atoms with E-state index in [1.54, 1.807) is 7.05 Å². The Morgan fingerprint density at radius 3 is 2.38 bits per heavy atom. The predicted molar refractivity (Wildman–Crippen MR) is 49.2 cm³/mol. The molecule has 3 atom stereocenters. The van der Waals surface area contributed by atoms with Crippen molar-refractivity contribution in [3.63, 3.8) is 0 Å². The average Bonchev–Trinajstić information content (AvgIpc) is 2.41. The van der Waals surface area contributed by atoms with Crippen LogP contribution in [0.2, 0.25) is 0 Å². The molecule has 1 unspecified atom stereocenters. The van der Waals surface area contributed by atoms with Crippen LogP contribution in [-0.2, 0) is 0 Å². The summed E-state index contributed by atoms with van der Waals surface area (Å²) < 4.78 is 0. The summed E-state index contributed by atoms with van der Waals surface area (Å²) in [6, 6.07) is 7.41. The number of nitrogens with one attached hydrogen (secondary N) is 1. The molecule has 0 fully saturated rings. The first-order valence-corrected chi connectivity index (χ1v) is 4.38. The van der Waals surface area contributed by atoms with Crippen molar-refractivity contribution >= 4 is 0 Å². The zero-order valence-corrected chi connectivity index (χ0v) is 7.44. The fourth-order valence-electron chi connectivity index (χ4n) is 1.94. The van der Waals surface area contributed by atoms with Gasteiger partial charge in [0.2, 0.25) is 0 Å². The second kappa shape index (κ2) is 3.10. The van der Waals surface area contributed by atoms with E-state index in [4.69, 9.17) is 0 Å². The molecular weight excluding hydrogens is 166 g/mol. The Bertz CT molecular complexity index is 314. The van der Waals surface area contributed by atoms with Gasteiger partial charge in [0.05, 0.1) is 6.04 Å². The van der Waals surface area contributed by atoms with Crippen molar-refractivity contribution in [1.29, 1.82) is 0 Å². The highest BCUT2D eigenvalue weighted by Gasteiger charge is 2.37. The molecule has 2 rings (SSSR count). The molecule has 0 heterocycles. The van der Waals surface area contributed by atoms with Crippen molar-refractivity contribution < 1.29 is 10.2 Å². The third kappa shape index (κ3) is 1.16. The summed E-state index contributed by atoms with van der Waals surface area (Å²) in [5.41, 5.74) is 1.82. The van der Waals surface area contributed by atoms with Gasteiger partial charge in [-0.15, -0.1) is 0 Å². The van der Waals surface area contributed by atoms with Crippen molar-refractivity contribution in [3.05, 3.63) is 35.4 Å². The average molecular weight is 179 g/mol. The molecule has 0 aliphatic heterocycles. The molecule has 3 N–H and O–H groups in total. The number of fused-ring (bicyclic) bond motifs is 1. The smallest absolute Gasteiger partial charge is 0.107 e. The van der Waals surface area contributed by atoms with Crippen LogP contribution in [-0.4, -0.2) is 23.4 Å². The molecule has 3 nitrogen and oxygen atoms in total. The van der Waals surface area contributed by atoms with Crippen LogP contribution in [0.25, 0.3) is 0 Å². The first-order valence-electron chi connectivity index (χ1n) is 4.38. The van der Waals surface area contributed by atoms with Gasteiger partial charge in [-0.3, -0.25) is 0 Å². The van der Waals surface area contributed by atoms with Crippen molar-refractivity contribution in [2.45, 2.75) is 18.2 Å². The van der Waals surface area contributed by atoms with Gasteiger partial charge in [-0.2, -0.15) is 0 Å². The Hall–Kier alpha value is -0.900. The highest BCUT2D eigenvalue weighted by atomic mass is 16.3. The van der Waals surface area contributed by atoms with Crippen molar-refractivity contribution in [3.8, 4) is 0 Å². The van der Waals surface area contributed by atoms with Crippen LogP contribution in [0.15, 0.2) is 24.3 Å². The molecule has 1 aromatic carbocycles. The van der Waals surface area contributed by atoms with Gasteiger partial charge in [0.15, 0.2) is 0 Å². The minimum Gasteiger partial charge on any atom is -0.388 e. The van der Waals surface area contributed by atoms with Crippen molar-refractivity contribution in [1.82, 2.24) is 5.32 Å². The highest BCUT2D eigenvalue weighted by Crippen LogP contribution is 2.38. The molecule has 70 valence electrons. The van der Waals surface area contributed by atoms with E-state index in [0.29, 0.717) is 0 Å². The number of aliphatic hydroxyl groups excluding tert-OH is 2. The van der Waals surface area contributed by atoms with E-state index in [9.17, 15) is 10.2 Å². The molecule has 1 aliphatic rings. The fraction of sp³-hybridized carbons (Fsp3) is 0.400. The molecule has 0 saturated heterocycles. The molecule has 0 spiro atoms. The summed E-state index contributed by atoms with van der Waals surface area (Å²) in [7, 11) is 1.78. The van der Waals surface area contributed by atoms with Gasteiger partial charge in [0, 0.05) is 0 Å². The summed E-state index contributed by atoms with van der Waals surface area (Å²) in [5, 5.41) is 22.3. The van der Waals surface area contributed by atoms with E-state index in [1.165, 1.54) is 0 Å². The number of likely N-dealkylation sites (N-methyl/N-ethyl adjacent to an activating group) is 1. The lowest BCUT2D eigenvalue weighted by molar-refractivity contribution is 0.0121. The molecule has 1 aliphatic carbocycles. The lowest BCUT2D eigenvalue weighted by atomic mass is 10.1. The van der Waals surface area contributed by atoms with Crippen LogP contribution in [0, 0.1) is 0 Å². The van der Waals surface area contributed by atoms with E-state index in [2.05, 4.69) is 5.32 Å². The number of benzene rings is 1. The van der Waals surface area contributed by atoms with Gasteiger partial charge >= 0.3 is 0 Å². The molecule has 13 heavy (non-hydrogen) atoms. The van der Waals surface area contributed by atoms with Crippen LogP contribution in [0.3, 0.4) is 0 Å². The van der Waals surface area contributed by atoms with E-state index in [1.807, 2.05) is 24.3 Å². The third-order valence-corrected chi connectivity index (χ3v) is 2.63. The molecule has 0 amide bonds. The Morgan fingerprint density at radius 1 is 1.15 bits per heavy atom. The Labute approximate surface area is 77.0 Å². The van der Waals surface area contributed by atoms with Gasteiger partial charge in [-0.1, -0.05) is 24.3 Å². The topological polar surface area (TPSA) is 52.5 Å². The quantitative estimate of drug-likeness (QED) is 0.583. The number of rotatable bonds is 1. The third-order valence-electron chi connectivity index (χ3n) is 2.63. The van der Waals surface area contributed by atoms with Gasteiger partial charge in [-0.05, 0) is 18.2 Å². The van der Waals surface area contributed by atoms with Gasteiger partial charge in [0.25, 0.3) is 0 Å².